The zero-order valence-electron chi connectivity index (χ0n) is 10.6. The summed E-state index contributed by atoms with van der Waals surface area (Å²) in [7, 11) is 2.31. The largest absolute Gasteiger partial charge is 0.303 e. The molecule has 0 heterocycles. The van der Waals surface area contributed by atoms with Crippen LogP contribution < -0.4 is 0 Å². The van der Waals surface area contributed by atoms with Gasteiger partial charge in [0.15, 0.2) is 0 Å². The third kappa shape index (κ3) is 4.86. The summed E-state index contributed by atoms with van der Waals surface area (Å²) < 4.78 is 0. The average Bonchev–Trinajstić information content (AvgIpc) is 2.45. The van der Waals surface area contributed by atoms with E-state index in [1.54, 1.807) is 0 Å². The van der Waals surface area contributed by atoms with E-state index in [2.05, 4.69) is 41.7 Å². The summed E-state index contributed by atoms with van der Waals surface area (Å²) >= 11 is 3.61. The topological polar surface area (TPSA) is 3.24 Å². The highest BCUT2D eigenvalue weighted by molar-refractivity contribution is 9.09. The van der Waals surface area contributed by atoms with Gasteiger partial charge in [0.1, 0.15) is 0 Å². The summed E-state index contributed by atoms with van der Waals surface area (Å²) in [6.45, 7) is 5.90. The monoisotopic (exact) mass is 275 g/mol. The van der Waals surface area contributed by atoms with Crippen LogP contribution in [0.15, 0.2) is 0 Å². The van der Waals surface area contributed by atoms with Crippen LogP contribution in [0.25, 0.3) is 0 Å². The Morgan fingerprint density at radius 3 is 2.13 bits per heavy atom. The fourth-order valence-electron chi connectivity index (χ4n) is 2.55. The molecule has 0 unspecified atom stereocenters. The number of rotatable bonds is 4. The average molecular weight is 276 g/mol. The van der Waals surface area contributed by atoms with Gasteiger partial charge in [0, 0.05) is 17.9 Å². The van der Waals surface area contributed by atoms with Crippen molar-refractivity contribution >= 4 is 15.9 Å². The Balaban J connectivity index is 2.40. The smallest absolute Gasteiger partial charge is 0.00949 e. The molecule has 0 radical (unpaired) electrons. The van der Waals surface area contributed by atoms with Crippen molar-refractivity contribution < 1.29 is 0 Å². The predicted molar refractivity (Wildman–Crippen MR) is 71.7 cm³/mol. The van der Waals surface area contributed by atoms with Gasteiger partial charge in [-0.05, 0) is 25.3 Å². The molecule has 90 valence electrons. The normalized spacial score (nSPS) is 20.6. The molecule has 15 heavy (non-hydrogen) atoms. The second kappa shape index (κ2) is 6.24. The highest BCUT2D eigenvalue weighted by Gasteiger charge is 2.23. The zero-order chi connectivity index (χ0) is 11.3. The molecule has 1 rings (SSSR count). The first-order valence-electron chi connectivity index (χ1n) is 6.31. The van der Waals surface area contributed by atoms with Gasteiger partial charge in [-0.1, -0.05) is 55.5 Å². The van der Waals surface area contributed by atoms with Gasteiger partial charge in [0.2, 0.25) is 0 Å². The standard InChI is InChI=1S/C13H26BrN/c1-13(2,10-14)11-15(3)12-8-6-4-5-7-9-12/h12H,4-11H2,1-3H3. The Kier molecular flexibility index (Phi) is 5.62. The first-order chi connectivity index (χ1) is 7.05. The Morgan fingerprint density at radius 1 is 1.13 bits per heavy atom. The number of alkyl halides is 1. The summed E-state index contributed by atoms with van der Waals surface area (Å²) in [5, 5.41) is 1.09. The van der Waals surface area contributed by atoms with Gasteiger partial charge in [0.25, 0.3) is 0 Å². The number of hydrogen-bond donors (Lipinski definition) is 0. The third-order valence-corrected chi connectivity index (χ3v) is 5.01. The van der Waals surface area contributed by atoms with E-state index in [-0.39, 0.29) is 0 Å². The predicted octanol–water partition coefficient (Wildman–Crippen LogP) is 4.06. The van der Waals surface area contributed by atoms with Crippen molar-refractivity contribution in [1.82, 2.24) is 4.90 Å². The van der Waals surface area contributed by atoms with Crippen LogP contribution in [0.1, 0.15) is 52.4 Å². The van der Waals surface area contributed by atoms with Crippen LogP contribution in [0.2, 0.25) is 0 Å². The van der Waals surface area contributed by atoms with Crippen LogP contribution in [0.5, 0.6) is 0 Å². The van der Waals surface area contributed by atoms with Gasteiger partial charge >= 0.3 is 0 Å². The molecule has 0 saturated heterocycles. The number of nitrogens with zero attached hydrogens (tertiary/aromatic N) is 1. The Hall–Kier alpha value is 0.440. The van der Waals surface area contributed by atoms with Crippen molar-refractivity contribution in [2.24, 2.45) is 5.41 Å². The molecule has 0 spiro atoms. The summed E-state index contributed by atoms with van der Waals surface area (Å²) in [4.78, 5) is 2.59. The lowest BCUT2D eigenvalue weighted by Gasteiger charge is -2.34. The highest BCUT2D eigenvalue weighted by atomic mass is 79.9. The summed E-state index contributed by atoms with van der Waals surface area (Å²) in [6, 6.07) is 0.839. The Morgan fingerprint density at radius 2 is 1.67 bits per heavy atom. The molecule has 0 aromatic carbocycles. The van der Waals surface area contributed by atoms with Crippen LogP contribution in [0.4, 0.5) is 0 Å². The van der Waals surface area contributed by atoms with E-state index in [1.165, 1.54) is 45.1 Å². The van der Waals surface area contributed by atoms with Gasteiger partial charge < -0.3 is 4.90 Å². The molecule has 1 nitrogen and oxygen atoms in total. The van der Waals surface area contributed by atoms with E-state index in [4.69, 9.17) is 0 Å². The fourth-order valence-corrected chi connectivity index (χ4v) is 2.72. The minimum Gasteiger partial charge on any atom is -0.303 e. The zero-order valence-corrected chi connectivity index (χ0v) is 12.1. The van der Waals surface area contributed by atoms with Gasteiger partial charge in [-0.2, -0.15) is 0 Å². The summed E-state index contributed by atoms with van der Waals surface area (Å²) in [5.41, 5.74) is 0.404. The van der Waals surface area contributed by atoms with Gasteiger partial charge in [-0.25, -0.2) is 0 Å². The first kappa shape index (κ1) is 13.5. The molecule has 0 aromatic rings. The first-order valence-corrected chi connectivity index (χ1v) is 7.43. The van der Waals surface area contributed by atoms with E-state index in [0.717, 1.165) is 11.4 Å². The van der Waals surface area contributed by atoms with Gasteiger partial charge in [0.05, 0.1) is 0 Å². The van der Waals surface area contributed by atoms with Crippen molar-refractivity contribution in [1.29, 1.82) is 0 Å². The molecule has 0 N–H and O–H groups in total. The molecular weight excluding hydrogens is 250 g/mol. The summed E-state index contributed by atoms with van der Waals surface area (Å²) in [6.07, 6.45) is 8.59. The van der Waals surface area contributed by atoms with Crippen LogP contribution in [0.3, 0.4) is 0 Å². The van der Waals surface area contributed by atoms with Crippen molar-refractivity contribution in [3.63, 3.8) is 0 Å². The highest BCUT2D eigenvalue weighted by Crippen LogP contribution is 2.25. The molecule has 0 amide bonds. The SMILES string of the molecule is CN(CC(C)(C)CBr)C1CCCCCC1. The molecule has 0 atom stereocenters. The van der Waals surface area contributed by atoms with E-state index < -0.39 is 0 Å². The summed E-state index contributed by atoms with van der Waals surface area (Å²) in [5.74, 6) is 0. The van der Waals surface area contributed by atoms with Gasteiger partial charge in [-0.3, -0.25) is 0 Å². The lowest BCUT2D eigenvalue weighted by molar-refractivity contribution is 0.162. The minimum absolute atomic E-state index is 0.404. The van der Waals surface area contributed by atoms with E-state index >= 15 is 0 Å². The van der Waals surface area contributed by atoms with E-state index in [0.29, 0.717) is 5.41 Å². The van der Waals surface area contributed by atoms with Crippen LogP contribution >= 0.6 is 15.9 Å². The van der Waals surface area contributed by atoms with Crippen LogP contribution in [-0.2, 0) is 0 Å². The van der Waals surface area contributed by atoms with Gasteiger partial charge in [-0.15, -0.1) is 0 Å². The Labute approximate surface area is 104 Å². The van der Waals surface area contributed by atoms with Crippen molar-refractivity contribution in [3.8, 4) is 0 Å². The van der Waals surface area contributed by atoms with E-state index in [1.807, 2.05) is 0 Å². The quantitative estimate of drug-likeness (QED) is 0.553. The molecule has 0 aliphatic heterocycles. The van der Waals surface area contributed by atoms with Crippen molar-refractivity contribution in [3.05, 3.63) is 0 Å². The fraction of sp³-hybridized carbons (Fsp3) is 1.00. The number of hydrogen-bond acceptors (Lipinski definition) is 1. The molecule has 1 aliphatic carbocycles. The lowest BCUT2D eigenvalue weighted by Crippen LogP contribution is -2.39. The van der Waals surface area contributed by atoms with Crippen LogP contribution in [0, 0.1) is 5.41 Å². The van der Waals surface area contributed by atoms with Crippen molar-refractivity contribution in [2.75, 3.05) is 18.9 Å². The second-order valence-corrected chi connectivity index (χ2v) is 6.42. The lowest BCUT2D eigenvalue weighted by atomic mass is 9.94. The molecule has 1 aliphatic rings. The van der Waals surface area contributed by atoms with E-state index in [9.17, 15) is 0 Å². The minimum atomic E-state index is 0.404. The molecule has 0 bridgehead atoms. The third-order valence-electron chi connectivity index (χ3n) is 3.49. The van der Waals surface area contributed by atoms with Crippen molar-refractivity contribution in [2.45, 2.75) is 58.4 Å². The number of halogens is 1. The maximum atomic E-state index is 3.61. The Bertz CT molecular complexity index is 171. The molecule has 2 heteroatoms. The molecule has 0 aromatic heterocycles. The maximum Gasteiger partial charge on any atom is 0.00949 e. The maximum absolute atomic E-state index is 3.61. The van der Waals surface area contributed by atoms with Crippen LogP contribution in [-0.4, -0.2) is 29.9 Å². The molecular formula is C13H26BrN. The molecule has 1 saturated carbocycles. The molecule has 1 fully saturated rings. The second-order valence-electron chi connectivity index (χ2n) is 5.86.